The Morgan fingerprint density at radius 2 is 1.71 bits per heavy atom. The van der Waals surface area contributed by atoms with Crippen molar-refractivity contribution in [1.29, 1.82) is 0 Å². The van der Waals surface area contributed by atoms with Crippen LogP contribution in [0.2, 0.25) is 5.02 Å². The predicted octanol–water partition coefficient (Wildman–Crippen LogP) is 3.42. The lowest BCUT2D eigenvalue weighted by atomic mass is 9.95. The van der Waals surface area contributed by atoms with Gasteiger partial charge in [0.25, 0.3) is 11.7 Å². The van der Waals surface area contributed by atoms with Gasteiger partial charge >= 0.3 is 0 Å². The number of aliphatic hydroxyl groups excluding tert-OH is 1. The zero-order chi connectivity index (χ0) is 20.3. The zero-order valence-electron chi connectivity index (χ0n) is 15.5. The first-order chi connectivity index (χ1) is 13.5. The molecule has 1 aliphatic heterocycles. The summed E-state index contributed by atoms with van der Waals surface area (Å²) in [6, 6.07) is 12.7. The molecule has 0 spiro atoms. The van der Waals surface area contributed by atoms with Gasteiger partial charge in [-0.25, -0.2) is 0 Å². The largest absolute Gasteiger partial charge is 0.507 e. The minimum Gasteiger partial charge on any atom is -0.507 e. The Morgan fingerprint density at radius 3 is 2.29 bits per heavy atom. The molecule has 1 saturated heterocycles. The van der Waals surface area contributed by atoms with E-state index in [9.17, 15) is 14.7 Å². The second kappa shape index (κ2) is 8.46. The molecule has 7 heteroatoms. The number of ether oxygens (including phenoxy) is 2. The van der Waals surface area contributed by atoms with Crippen molar-refractivity contribution in [2.45, 2.75) is 6.04 Å². The Labute approximate surface area is 167 Å². The highest BCUT2D eigenvalue weighted by Crippen LogP contribution is 2.39. The molecule has 0 aliphatic carbocycles. The number of carbonyl (C=O) groups excluding carboxylic acids is 2. The van der Waals surface area contributed by atoms with Crippen LogP contribution in [0.15, 0.2) is 54.1 Å². The normalized spacial score (nSPS) is 18.5. The third kappa shape index (κ3) is 3.74. The lowest BCUT2D eigenvalue weighted by Gasteiger charge is -2.25. The van der Waals surface area contributed by atoms with Gasteiger partial charge in [0, 0.05) is 24.2 Å². The van der Waals surface area contributed by atoms with Crippen molar-refractivity contribution in [2.24, 2.45) is 0 Å². The van der Waals surface area contributed by atoms with Gasteiger partial charge in [0.2, 0.25) is 0 Å². The first-order valence-corrected chi connectivity index (χ1v) is 9.03. The Morgan fingerprint density at radius 1 is 1.07 bits per heavy atom. The summed E-state index contributed by atoms with van der Waals surface area (Å²) in [5.41, 5.74) is 1.13. The maximum atomic E-state index is 12.8. The van der Waals surface area contributed by atoms with Crippen LogP contribution >= 0.6 is 11.6 Å². The summed E-state index contributed by atoms with van der Waals surface area (Å²) in [4.78, 5) is 26.8. The van der Waals surface area contributed by atoms with Crippen molar-refractivity contribution in [1.82, 2.24) is 4.90 Å². The molecule has 1 unspecified atom stereocenters. The second-order valence-electron chi connectivity index (χ2n) is 6.27. The molecule has 0 bridgehead atoms. The highest BCUT2D eigenvalue weighted by Gasteiger charge is 2.45. The number of rotatable bonds is 6. The van der Waals surface area contributed by atoms with E-state index in [4.69, 9.17) is 21.1 Å². The minimum atomic E-state index is -0.732. The number of hydrogen-bond acceptors (Lipinski definition) is 5. The highest BCUT2D eigenvalue weighted by molar-refractivity contribution is 6.46. The van der Waals surface area contributed by atoms with Gasteiger partial charge in [-0.2, -0.15) is 0 Å². The molecule has 146 valence electrons. The number of aliphatic hydroxyl groups is 1. The van der Waals surface area contributed by atoms with Gasteiger partial charge in [-0.3, -0.25) is 9.59 Å². The first-order valence-electron chi connectivity index (χ1n) is 8.65. The van der Waals surface area contributed by atoms with E-state index in [1.807, 2.05) is 0 Å². The van der Waals surface area contributed by atoms with Gasteiger partial charge in [-0.05, 0) is 42.0 Å². The number of likely N-dealkylation sites (tertiary alicyclic amines) is 1. The lowest BCUT2D eigenvalue weighted by molar-refractivity contribution is -0.140. The van der Waals surface area contributed by atoms with Gasteiger partial charge in [-0.15, -0.1) is 0 Å². The second-order valence-corrected chi connectivity index (χ2v) is 6.70. The summed E-state index contributed by atoms with van der Waals surface area (Å²) in [5, 5.41) is 11.4. The number of methoxy groups -OCH3 is 2. The van der Waals surface area contributed by atoms with Crippen LogP contribution in [0.1, 0.15) is 17.2 Å². The molecule has 28 heavy (non-hydrogen) atoms. The average molecular weight is 402 g/mol. The number of amides is 1. The lowest BCUT2D eigenvalue weighted by Crippen LogP contribution is -2.32. The van der Waals surface area contributed by atoms with Crippen LogP contribution in [-0.2, 0) is 14.3 Å². The number of carbonyl (C=O) groups is 2. The average Bonchev–Trinajstić information content (AvgIpc) is 2.97. The van der Waals surface area contributed by atoms with Crippen LogP contribution in [0.5, 0.6) is 5.75 Å². The van der Waals surface area contributed by atoms with Crippen LogP contribution in [0.4, 0.5) is 0 Å². The first kappa shape index (κ1) is 19.9. The summed E-state index contributed by atoms with van der Waals surface area (Å²) < 4.78 is 10.3. The fraction of sp³-hybridized carbons (Fsp3) is 0.238. The molecule has 1 fully saturated rings. The number of halogens is 1. The van der Waals surface area contributed by atoms with Crippen molar-refractivity contribution in [2.75, 3.05) is 27.4 Å². The third-order valence-corrected chi connectivity index (χ3v) is 4.88. The van der Waals surface area contributed by atoms with Gasteiger partial charge in [0.05, 0.1) is 25.3 Å². The number of ketones is 1. The van der Waals surface area contributed by atoms with Crippen molar-refractivity contribution in [3.05, 3.63) is 70.3 Å². The summed E-state index contributed by atoms with van der Waals surface area (Å²) >= 11 is 5.91. The molecule has 1 N–H and O–H groups in total. The van der Waals surface area contributed by atoms with Crippen LogP contribution in [-0.4, -0.2) is 49.1 Å². The smallest absolute Gasteiger partial charge is 0.295 e. The van der Waals surface area contributed by atoms with Crippen LogP contribution in [0.3, 0.4) is 0 Å². The Kier molecular flexibility index (Phi) is 6.02. The fourth-order valence-corrected chi connectivity index (χ4v) is 3.32. The predicted molar refractivity (Wildman–Crippen MR) is 105 cm³/mol. The molecule has 3 rings (SSSR count). The Hall–Kier alpha value is -2.83. The molecule has 6 nitrogen and oxygen atoms in total. The summed E-state index contributed by atoms with van der Waals surface area (Å²) in [5.74, 6) is -0.996. The van der Waals surface area contributed by atoms with Crippen LogP contribution in [0.25, 0.3) is 5.76 Å². The Balaban J connectivity index is 2.13. The molecule has 0 saturated carbocycles. The molecule has 1 atom stereocenters. The van der Waals surface area contributed by atoms with E-state index in [2.05, 4.69) is 0 Å². The van der Waals surface area contributed by atoms with Crippen molar-refractivity contribution in [3.8, 4) is 5.75 Å². The molecular weight excluding hydrogens is 382 g/mol. The van der Waals surface area contributed by atoms with Crippen molar-refractivity contribution in [3.63, 3.8) is 0 Å². The number of Topliss-reactive ketones (excluding diaryl/α,β-unsaturated/α-hetero) is 1. The molecule has 2 aromatic carbocycles. The van der Waals surface area contributed by atoms with Gasteiger partial charge in [0.1, 0.15) is 11.5 Å². The highest BCUT2D eigenvalue weighted by atomic mass is 35.5. The molecular formula is C21H20ClNO5. The Bertz CT molecular complexity index is 905. The molecule has 1 heterocycles. The number of hydrogen-bond donors (Lipinski definition) is 1. The third-order valence-electron chi connectivity index (χ3n) is 4.63. The van der Waals surface area contributed by atoms with E-state index in [0.29, 0.717) is 21.9 Å². The van der Waals surface area contributed by atoms with Crippen molar-refractivity contribution >= 4 is 29.1 Å². The number of nitrogens with zero attached hydrogens (tertiary/aromatic N) is 1. The van der Waals surface area contributed by atoms with Crippen LogP contribution in [0, 0.1) is 0 Å². The molecule has 0 aromatic heterocycles. The van der Waals surface area contributed by atoms with Gasteiger partial charge < -0.3 is 19.5 Å². The van der Waals surface area contributed by atoms with Crippen molar-refractivity contribution < 1.29 is 24.2 Å². The van der Waals surface area contributed by atoms with Crippen LogP contribution < -0.4 is 4.74 Å². The van der Waals surface area contributed by atoms with E-state index < -0.39 is 17.7 Å². The minimum absolute atomic E-state index is 0.0357. The molecule has 2 aromatic rings. The van der Waals surface area contributed by atoms with Gasteiger partial charge in [0.15, 0.2) is 0 Å². The summed E-state index contributed by atoms with van der Waals surface area (Å²) in [6.45, 7) is 0.482. The molecule has 1 aliphatic rings. The maximum Gasteiger partial charge on any atom is 0.295 e. The monoisotopic (exact) mass is 401 g/mol. The van der Waals surface area contributed by atoms with Gasteiger partial charge in [-0.1, -0.05) is 23.7 Å². The standard InChI is InChI=1S/C21H20ClNO5/c1-27-12-11-23-18(13-5-9-16(28-2)10-6-13)17(20(25)21(23)26)19(24)14-3-7-15(22)8-4-14/h3-10,18,24H,11-12H2,1-2H3. The maximum absolute atomic E-state index is 12.8. The molecule has 0 radical (unpaired) electrons. The quantitative estimate of drug-likeness (QED) is 0.456. The molecule has 1 amide bonds. The summed E-state index contributed by atoms with van der Waals surface area (Å²) in [6.07, 6.45) is 0. The van der Waals surface area contributed by atoms with E-state index in [-0.39, 0.29) is 24.5 Å². The summed E-state index contributed by atoms with van der Waals surface area (Å²) in [7, 11) is 3.08. The van der Waals surface area contributed by atoms with E-state index in [0.717, 1.165) is 0 Å². The zero-order valence-corrected chi connectivity index (χ0v) is 16.3. The number of benzene rings is 2. The van der Waals surface area contributed by atoms with E-state index in [1.165, 1.54) is 12.0 Å². The van der Waals surface area contributed by atoms with E-state index >= 15 is 0 Å². The van der Waals surface area contributed by atoms with E-state index in [1.54, 1.807) is 55.6 Å². The SMILES string of the molecule is COCCN1C(=O)C(=O)C(=C(O)c2ccc(Cl)cc2)C1c1ccc(OC)cc1. The topological polar surface area (TPSA) is 76.1 Å². The fourth-order valence-electron chi connectivity index (χ4n) is 3.20.